The van der Waals surface area contributed by atoms with Crippen molar-refractivity contribution in [1.82, 2.24) is 4.90 Å². The van der Waals surface area contributed by atoms with E-state index in [9.17, 15) is 14.4 Å². The van der Waals surface area contributed by atoms with E-state index < -0.39 is 0 Å². The van der Waals surface area contributed by atoms with Crippen LogP contribution < -0.4 is 5.32 Å². The molecule has 6 heteroatoms. The summed E-state index contributed by atoms with van der Waals surface area (Å²) < 4.78 is 0. The zero-order chi connectivity index (χ0) is 16.6. The maximum Gasteiger partial charge on any atom is 0.244 e. The molecule has 1 saturated carbocycles. The zero-order valence-corrected chi connectivity index (χ0v) is 13.7. The third-order valence-electron chi connectivity index (χ3n) is 4.78. The molecule has 2 aliphatic rings. The second-order valence-electron chi connectivity index (χ2n) is 6.22. The molecule has 1 aliphatic heterocycles. The topological polar surface area (TPSA) is 66.5 Å². The summed E-state index contributed by atoms with van der Waals surface area (Å²) in [7, 11) is 0. The smallest absolute Gasteiger partial charge is 0.244 e. The first-order valence-electron chi connectivity index (χ1n) is 7.89. The standard InChI is InChI=1S/C17H19ClN2O3/c1-10-13(18)7-4-8-14(10)19-15(21)9-20-16(22)11-5-2-3-6-12(11)17(20)23/h4,7-8,11-12H,2-3,5-6,9H2,1H3,(H,19,21)/t11-,12-/m0/s1. The van der Waals surface area contributed by atoms with Crippen LogP contribution in [0, 0.1) is 18.8 Å². The number of amides is 3. The molecule has 2 atom stereocenters. The number of likely N-dealkylation sites (tertiary alicyclic amines) is 1. The van der Waals surface area contributed by atoms with Crippen LogP contribution in [0.15, 0.2) is 18.2 Å². The van der Waals surface area contributed by atoms with Crippen molar-refractivity contribution < 1.29 is 14.4 Å². The van der Waals surface area contributed by atoms with Gasteiger partial charge in [0.15, 0.2) is 0 Å². The number of benzene rings is 1. The molecule has 0 aromatic heterocycles. The van der Waals surface area contributed by atoms with Crippen molar-refractivity contribution in [2.24, 2.45) is 11.8 Å². The van der Waals surface area contributed by atoms with Crippen molar-refractivity contribution in [2.45, 2.75) is 32.6 Å². The zero-order valence-electron chi connectivity index (χ0n) is 13.0. The van der Waals surface area contributed by atoms with Gasteiger partial charge in [0.1, 0.15) is 6.54 Å². The predicted molar refractivity (Wildman–Crippen MR) is 87.0 cm³/mol. The molecule has 2 fully saturated rings. The molecule has 5 nitrogen and oxygen atoms in total. The third kappa shape index (κ3) is 2.98. The van der Waals surface area contributed by atoms with E-state index in [2.05, 4.69) is 5.32 Å². The highest BCUT2D eigenvalue weighted by molar-refractivity contribution is 6.31. The summed E-state index contributed by atoms with van der Waals surface area (Å²) in [5.41, 5.74) is 1.36. The van der Waals surface area contributed by atoms with Crippen molar-refractivity contribution in [1.29, 1.82) is 0 Å². The van der Waals surface area contributed by atoms with Crippen LogP contribution in [0.25, 0.3) is 0 Å². The molecule has 1 aliphatic carbocycles. The fourth-order valence-corrected chi connectivity index (χ4v) is 3.64. The molecule has 3 amide bonds. The summed E-state index contributed by atoms with van der Waals surface area (Å²) >= 11 is 6.03. The Bertz CT molecular complexity index is 650. The van der Waals surface area contributed by atoms with Crippen molar-refractivity contribution in [3.63, 3.8) is 0 Å². The summed E-state index contributed by atoms with van der Waals surface area (Å²) in [5, 5.41) is 3.29. The summed E-state index contributed by atoms with van der Waals surface area (Å²) in [6.45, 7) is 1.58. The summed E-state index contributed by atoms with van der Waals surface area (Å²) in [5.74, 6) is -1.22. The van der Waals surface area contributed by atoms with E-state index in [0.29, 0.717) is 10.7 Å². The highest BCUT2D eigenvalue weighted by Crippen LogP contribution is 2.37. The number of imide groups is 1. The van der Waals surface area contributed by atoms with Crippen LogP contribution in [-0.4, -0.2) is 29.2 Å². The summed E-state index contributed by atoms with van der Waals surface area (Å²) in [6.07, 6.45) is 3.45. The van der Waals surface area contributed by atoms with E-state index in [4.69, 9.17) is 11.6 Å². The highest BCUT2D eigenvalue weighted by atomic mass is 35.5. The van der Waals surface area contributed by atoms with Crippen LogP contribution in [0.1, 0.15) is 31.2 Å². The highest BCUT2D eigenvalue weighted by Gasteiger charge is 2.48. The van der Waals surface area contributed by atoms with Gasteiger partial charge < -0.3 is 5.32 Å². The minimum absolute atomic E-state index is 0.197. The van der Waals surface area contributed by atoms with Crippen LogP contribution in [0.2, 0.25) is 5.02 Å². The van der Waals surface area contributed by atoms with E-state index >= 15 is 0 Å². The van der Waals surface area contributed by atoms with Gasteiger partial charge in [-0.2, -0.15) is 0 Å². The summed E-state index contributed by atoms with van der Waals surface area (Å²) in [4.78, 5) is 38.1. The Kier molecular flexibility index (Phi) is 4.39. The number of carbonyl (C=O) groups is 3. The lowest BCUT2D eigenvalue weighted by molar-refractivity contribution is -0.142. The minimum atomic E-state index is -0.379. The maximum atomic E-state index is 12.4. The van der Waals surface area contributed by atoms with Gasteiger partial charge in [-0.15, -0.1) is 0 Å². The van der Waals surface area contributed by atoms with E-state index in [-0.39, 0.29) is 36.1 Å². The second-order valence-corrected chi connectivity index (χ2v) is 6.63. The van der Waals surface area contributed by atoms with Gasteiger partial charge in [-0.3, -0.25) is 19.3 Å². The number of anilines is 1. The second kappa shape index (κ2) is 6.32. The molecule has 0 spiro atoms. The van der Waals surface area contributed by atoms with E-state index in [1.807, 2.05) is 0 Å². The normalized spacial score (nSPS) is 23.8. The van der Waals surface area contributed by atoms with Gasteiger partial charge in [0.25, 0.3) is 0 Å². The Balaban J connectivity index is 1.69. The SMILES string of the molecule is Cc1c(Cl)cccc1NC(=O)CN1C(=O)[C@H]2CCCC[C@@H]2C1=O. The molecule has 3 rings (SSSR count). The van der Waals surface area contributed by atoms with Crippen LogP contribution in [0.5, 0.6) is 0 Å². The summed E-state index contributed by atoms with van der Waals surface area (Å²) in [6, 6.07) is 5.23. The number of nitrogens with one attached hydrogen (secondary N) is 1. The molecule has 1 saturated heterocycles. The number of fused-ring (bicyclic) bond motifs is 1. The van der Waals surface area contributed by atoms with Gasteiger partial charge in [0.2, 0.25) is 17.7 Å². The van der Waals surface area contributed by atoms with Crippen LogP contribution in [0.3, 0.4) is 0 Å². The maximum absolute atomic E-state index is 12.4. The van der Waals surface area contributed by atoms with E-state index in [1.165, 1.54) is 0 Å². The van der Waals surface area contributed by atoms with Crippen molar-refractivity contribution in [3.05, 3.63) is 28.8 Å². The van der Waals surface area contributed by atoms with Crippen LogP contribution in [-0.2, 0) is 14.4 Å². The monoisotopic (exact) mass is 334 g/mol. The number of hydrogen-bond acceptors (Lipinski definition) is 3. The average Bonchev–Trinajstić information content (AvgIpc) is 2.77. The van der Waals surface area contributed by atoms with Gasteiger partial charge in [0.05, 0.1) is 11.8 Å². The lowest BCUT2D eigenvalue weighted by Crippen LogP contribution is -2.38. The van der Waals surface area contributed by atoms with Gasteiger partial charge >= 0.3 is 0 Å². The lowest BCUT2D eigenvalue weighted by atomic mass is 9.81. The largest absolute Gasteiger partial charge is 0.324 e. The Morgan fingerprint density at radius 2 is 1.83 bits per heavy atom. The number of rotatable bonds is 3. The predicted octanol–water partition coefficient (Wildman–Crippen LogP) is 2.76. The van der Waals surface area contributed by atoms with Crippen molar-refractivity contribution >= 4 is 35.0 Å². The third-order valence-corrected chi connectivity index (χ3v) is 5.19. The van der Waals surface area contributed by atoms with Crippen molar-refractivity contribution in [3.8, 4) is 0 Å². The van der Waals surface area contributed by atoms with Gasteiger partial charge in [0, 0.05) is 10.7 Å². The fourth-order valence-electron chi connectivity index (χ4n) is 3.46. The number of nitrogens with zero attached hydrogens (tertiary/aromatic N) is 1. The van der Waals surface area contributed by atoms with Crippen molar-refractivity contribution in [2.75, 3.05) is 11.9 Å². The average molecular weight is 335 g/mol. The Morgan fingerprint density at radius 3 is 2.43 bits per heavy atom. The number of halogens is 1. The first-order valence-corrected chi connectivity index (χ1v) is 8.27. The number of hydrogen-bond donors (Lipinski definition) is 1. The molecule has 1 heterocycles. The molecule has 1 aromatic carbocycles. The molecular weight excluding hydrogens is 316 g/mol. The molecule has 122 valence electrons. The van der Waals surface area contributed by atoms with E-state index in [1.54, 1.807) is 25.1 Å². The Morgan fingerprint density at radius 1 is 1.22 bits per heavy atom. The molecular formula is C17H19ClN2O3. The molecule has 1 aromatic rings. The fraction of sp³-hybridized carbons (Fsp3) is 0.471. The minimum Gasteiger partial charge on any atom is -0.324 e. The lowest BCUT2D eigenvalue weighted by Gasteiger charge is -2.19. The van der Waals surface area contributed by atoms with Gasteiger partial charge in [-0.05, 0) is 37.5 Å². The van der Waals surface area contributed by atoms with E-state index in [0.717, 1.165) is 36.1 Å². The molecule has 0 unspecified atom stereocenters. The molecule has 0 radical (unpaired) electrons. The van der Waals surface area contributed by atoms with Gasteiger partial charge in [-0.25, -0.2) is 0 Å². The molecule has 1 N–H and O–H groups in total. The quantitative estimate of drug-likeness (QED) is 0.864. The molecule has 0 bridgehead atoms. The van der Waals surface area contributed by atoms with Crippen LogP contribution >= 0.6 is 11.6 Å². The number of carbonyl (C=O) groups excluding carboxylic acids is 3. The Labute approximate surface area is 140 Å². The van der Waals surface area contributed by atoms with Gasteiger partial charge in [-0.1, -0.05) is 30.5 Å². The first-order chi connectivity index (χ1) is 11.0. The van der Waals surface area contributed by atoms with Crippen LogP contribution in [0.4, 0.5) is 5.69 Å². The molecule has 23 heavy (non-hydrogen) atoms. The Hall–Kier alpha value is -1.88. The first kappa shape index (κ1) is 16.0.